The summed E-state index contributed by atoms with van der Waals surface area (Å²) in [5.74, 6) is 0.192. The molecule has 1 saturated heterocycles. The van der Waals surface area contributed by atoms with Gasteiger partial charge in [0, 0.05) is 38.3 Å². The zero-order chi connectivity index (χ0) is 17.9. The highest BCUT2D eigenvalue weighted by Crippen LogP contribution is 2.20. The highest BCUT2D eigenvalue weighted by Gasteiger charge is 2.17. The van der Waals surface area contributed by atoms with Gasteiger partial charge in [0.05, 0.1) is 21.7 Å². The summed E-state index contributed by atoms with van der Waals surface area (Å²) in [6.07, 6.45) is 1.62. The molecule has 0 radical (unpaired) electrons. The van der Waals surface area contributed by atoms with Crippen molar-refractivity contribution < 1.29 is 13.3 Å². The number of hydrogen-bond donors (Lipinski definition) is 2. The predicted octanol–water partition coefficient (Wildman–Crippen LogP) is 1.20. The van der Waals surface area contributed by atoms with E-state index in [1.165, 1.54) is 12.1 Å². The molecule has 10 heteroatoms. The Balaban J connectivity index is 1.73. The van der Waals surface area contributed by atoms with Crippen molar-refractivity contribution in [1.82, 2.24) is 10.3 Å². The first-order valence-corrected chi connectivity index (χ1v) is 9.13. The summed E-state index contributed by atoms with van der Waals surface area (Å²) in [4.78, 5) is 16.3. The molecule has 0 atom stereocenters. The van der Waals surface area contributed by atoms with Crippen molar-refractivity contribution in [2.45, 2.75) is 4.90 Å². The minimum Gasteiger partial charge on any atom is -0.368 e. The van der Waals surface area contributed by atoms with Crippen molar-refractivity contribution in [2.24, 2.45) is 0 Å². The number of rotatable bonds is 5. The van der Waals surface area contributed by atoms with Gasteiger partial charge in [-0.2, -0.15) is 0 Å². The topological polar surface area (TPSA) is 117 Å². The quantitative estimate of drug-likeness (QED) is 0.605. The number of aromatic nitrogens is 1. The molecule has 2 N–H and O–H groups in total. The van der Waals surface area contributed by atoms with Gasteiger partial charge in [-0.3, -0.25) is 14.8 Å². The lowest BCUT2D eigenvalue weighted by atomic mass is 10.3. The average molecular weight is 363 g/mol. The number of non-ortho nitro benzene ring substituents is 1. The van der Waals surface area contributed by atoms with Crippen LogP contribution in [0, 0.1) is 10.1 Å². The lowest BCUT2D eigenvalue weighted by Crippen LogP contribution is -2.43. The van der Waals surface area contributed by atoms with Crippen molar-refractivity contribution in [2.75, 3.05) is 35.8 Å². The highest BCUT2D eigenvalue weighted by molar-refractivity contribution is 7.92. The van der Waals surface area contributed by atoms with Crippen LogP contribution in [0.1, 0.15) is 0 Å². The molecule has 0 bridgehead atoms. The Morgan fingerprint density at radius 3 is 2.36 bits per heavy atom. The van der Waals surface area contributed by atoms with Crippen LogP contribution in [0.3, 0.4) is 0 Å². The first-order chi connectivity index (χ1) is 12.0. The lowest BCUT2D eigenvalue weighted by Gasteiger charge is -2.29. The molecule has 1 aromatic carbocycles. The molecule has 0 unspecified atom stereocenters. The van der Waals surface area contributed by atoms with Gasteiger partial charge in [-0.25, -0.2) is 13.4 Å². The molecular weight excluding hydrogens is 346 g/mol. The van der Waals surface area contributed by atoms with Crippen molar-refractivity contribution >= 4 is 27.2 Å². The number of hydrogen-bond acceptors (Lipinski definition) is 7. The first-order valence-electron chi connectivity index (χ1n) is 7.65. The largest absolute Gasteiger partial charge is 0.368 e. The van der Waals surface area contributed by atoms with Crippen LogP contribution in [0.15, 0.2) is 47.5 Å². The van der Waals surface area contributed by atoms with E-state index < -0.39 is 14.9 Å². The molecule has 3 rings (SSSR count). The molecule has 9 nitrogen and oxygen atoms in total. The Morgan fingerprint density at radius 2 is 1.80 bits per heavy atom. The number of piperazine rings is 1. The SMILES string of the molecule is O=[N+]([O-])c1ccc(S(=O)(=O)Nc2ccc(N3CCNCC3)cn2)cc1. The van der Waals surface area contributed by atoms with E-state index in [9.17, 15) is 18.5 Å². The summed E-state index contributed by atoms with van der Waals surface area (Å²) in [5, 5.41) is 13.9. The fraction of sp³-hybridized carbons (Fsp3) is 0.267. The second-order valence-corrected chi connectivity index (χ2v) is 7.18. The normalized spacial score (nSPS) is 15.0. The summed E-state index contributed by atoms with van der Waals surface area (Å²) in [7, 11) is -3.85. The maximum Gasteiger partial charge on any atom is 0.269 e. The van der Waals surface area contributed by atoms with Crippen LogP contribution >= 0.6 is 0 Å². The summed E-state index contributed by atoms with van der Waals surface area (Å²) >= 11 is 0. The van der Waals surface area contributed by atoms with Gasteiger partial charge in [-0.05, 0) is 24.3 Å². The lowest BCUT2D eigenvalue weighted by molar-refractivity contribution is -0.384. The first kappa shape index (κ1) is 17.1. The third-order valence-corrected chi connectivity index (χ3v) is 5.20. The average Bonchev–Trinajstić information content (AvgIpc) is 2.63. The molecule has 1 fully saturated rings. The number of anilines is 2. The Kier molecular flexibility index (Phi) is 4.81. The Bertz CT molecular complexity index is 846. The molecule has 0 saturated carbocycles. The molecule has 1 aromatic heterocycles. The third kappa shape index (κ3) is 4.03. The van der Waals surface area contributed by atoms with Gasteiger partial charge in [0.2, 0.25) is 0 Å². The van der Waals surface area contributed by atoms with E-state index in [0.717, 1.165) is 44.0 Å². The maximum atomic E-state index is 12.3. The number of sulfonamides is 1. The van der Waals surface area contributed by atoms with Crippen LogP contribution in [0.25, 0.3) is 0 Å². The summed E-state index contributed by atoms with van der Waals surface area (Å²) in [6.45, 7) is 3.54. The minimum absolute atomic E-state index is 0.0638. The van der Waals surface area contributed by atoms with Crippen molar-refractivity contribution in [3.63, 3.8) is 0 Å². The van der Waals surface area contributed by atoms with Gasteiger partial charge in [0.1, 0.15) is 5.82 Å². The zero-order valence-corrected chi connectivity index (χ0v) is 14.1. The Labute approximate surface area is 144 Å². The number of nitro groups is 1. The molecule has 2 heterocycles. The fourth-order valence-corrected chi connectivity index (χ4v) is 3.51. The van der Waals surface area contributed by atoms with Gasteiger partial charge < -0.3 is 10.2 Å². The molecule has 1 aliphatic rings. The number of benzene rings is 1. The van der Waals surface area contributed by atoms with Crippen LogP contribution in [0.4, 0.5) is 17.2 Å². The van der Waals surface area contributed by atoms with Gasteiger partial charge in [0.25, 0.3) is 15.7 Å². The van der Waals surface area contributed by atoms with E-state index in [4.69, 9.17) is 0 Å². The van der Waals surface area contributed by atoms with Gasteiger partial charge in [0.15, 0.2) is 0 Å². The third-order valence-electron chi connectivity index (χ3n) is 3.83. The zero-order valence-electron chi connectivity index (χ0n) is 13.3. The van der Waals surface area contributed by atoms with Crippen LogP contribution in [0.2, 0.25) is 0 Å². The fourth-order valence-electron chi connectivity index (χ4n) is 2.50. The standard InChI is InChI=1S/C15H17N5O4S/c21-20(22)12-1-4-14(5-2-12)25(23,24)18-15-6-3-13(11-17-15)19-9-7-16-8-10-19/h1-6,11,16H,7-10H2,(H,17,18). The maximum absolute atomic E-state index is 12.3. The van der Waals surface area contributed by atoms with E-state index in [2.05, 4.69) is 19.9 Å². The number of nitrogens with zero attached hydrogens (tertiary/aromatic N) is 3. The second-order valence-electron chi connectivity index (χ2n) is 5.50. The van der Waals surface area contributed by atoms with Crippen molar-refractivity contribution in [3.8, 4) is 0 Å². The second kappa shape index (κ2) is 7.03. The molecular formula is C15H17N5O4S. The minimum atomic E-state index is -3.85. The van der Waals surface area contributed by atoms with Gasteiger partial charge in [-0.1, -0.05) is 0 Å². The molecule has 25 heavy (non-hydrogen) atoms. The molecule has 0 aliphatic carbocycles. The summed E-state index contributed by atoms with van der Waals surface area (Å²) < 4.78 is 27.0. The van der Waals surface area contributed by atoms with Crippen molar-refractivity contribution in [3.05, 3.63) is 52.7 Å². The Hall–Kier alpha value is -2.72. The van der Waals surface area contributed by atoms with E-state index in [-0.39, 0.29) is 16.4 Å². The number of nitro benzene ring substituents is 1. The molecule has 2 aromatic rings. The van der Waals surface area contributed by atoms with Gasteiger partial charge in [-0.15, -0.1) is 0 Å². The molecule has 0 spiro atoms. The van der Waals surface area contributed by atoms with Crippen molar-refractivity contribution in [1.29, 1.82) is 0 Å². The van der Waals surface area contributed by atoms with Crippen LogP contribution < -0.4 is 14.9 Å². The highest BCUT2D eigenvalue weighted by atomic mass is 32.2. The summed E-state index contributed by atoms with van der Waals surface area (Å²) in [5.41, 5.74) is 0.761. The van der Waals surface area contributed by atoms with E-state index >= 15 is 0 Å². The molecule has 132 valence electrons. The Morgan fingerprint density at radius 1 is 1.12 bits per heavy atom. The monoisotopic (exact) mass is 363 g/mol. The molecule has 0 amide bonds. The number of pyridine rings is 1. The predicted molar refractivity (Wildman–Crippen MR) is 93.2 cm³/mol. The smallest absolute Gasteiger partial charge is 0.269 e. The van der Waals surface area contributed by atoms with Crippen LogP contribution in [-0.4, -0.2) is 44.5 Å². The van der Waals surface area contributed by atoms with Crippen LogP contribution in [-0.2, 0) is 10.0 Å². The van der Waals surface area contributed by atoms with E-state index in [1.807, 2.05) is 6.07 Å². The van der Waals surface area contributed by atoms with Crippen LogP contribution in [0.5, 0.6) is 0 Å². The molecule has 1 aliphatic heterocycles. The summed E-state index contributed by atoms with van der Waals surface area (Å²) in [6, 6.07) is 8.09. The van der Waals surface area contributed by atoms with E-state index in [1.54, 1.807) is 12.3 Å². The van der Waals surface area contributed by atoms with Gasteiger partial charge >= 0.3 is 0 Å². The number of nitrogens with one attached hydrogen (secondary N) is 2. The van der Waals surface area contributed by atoms with E-state index in [0.29, 0.717) is 0 Å².